The molecule has 10 nitrogen and oxygen atoms in total. The molecule has 31 heavy (non-hydrogen) atoms. The minimum absolute atomic E-state index is 0. The Hall–Kier alpha value is -1.96. The largest absolute Gasteiger partial charge is 0.382 e. The molecule has 1 aromatic carbocycles. The molecule has 0 radical (unpaired) electrons. The van der Waals surface area contributed by atoms with Gasteiger partial charge in [0, 0.05) is 38.3 Å². The molecule has 2 heterocycles. The molecule has 1 amide bonds. The third-order valence-corrected chi connectivity index (χ3v) is 6.77. The zero-order chi connectivity index (χ0) is 21.7. The predicted molar refractivity (Wildman–Crippen MR) is 124 cm³/mol. The van der Waals surface area contributed by atoms with Crippen LogP contribution in [-0.2, 0) is 22.0 Å². The number of carbonyl (C=O) groups excluding carboxylic acids is 1. The molecule has 2 aromatic rings. The average molecular weight is 488 g/mol. The van der Waals surface area contributed by atoms with Crippen LogP contribution in [0.15, 0.2) is 35.4 Å². The number of carbonyl (C=O) groups is 1. The van der Waals surface area contributed by atoms with Gasteiger partial charge in [0.25, 0.3) is 5.91 Å². The Bertz CT molecular complexity index is 954. The molecule has 170 valence electrons. The van der Waals surface area contributed by atoms with E-state index in [1.807, 2.05) is 4.31 Å². The summed E-state index contributed by atoms with van der Waals surface area (Å²) in [5.74, 6) is -0.386. The van der Waals surface area contributed by atoms with Crippen molar-refractivity contribution in [1.82, 2.24) is 24.5 Å². The highest BCUT2D eigenvalue weighted by molar-refractivity contribution is 7.82. The number of nitrogens with two attached hydrogens (primary N) is 2. The van der Waals surface area contributed by atoms with Crippen LogP contribution in [0.3, 0.4) is 0 Å². The number of halogens is 1. The van der Waals surface area contributed by atoms with Gasteiger partial charge in [0.15, 0.2) is 11.5 Å². The van der Waals surface area contributed by atoms with Gasteiger partial charge in [-0.3, -0.25) is 9.93 Å². The van der Waals surface area contributed by atoms with Crippen LogP contribution in [0, 0.1) is 0 Å². The second-order valence-electron chi connectivity index (χ2n) is 6.84. The fourth-order valence-corrected chi connectivity index (χ4v) is 4.36. The molecule has 0 saturated carbocycles. The summed E-state index contributed by atoms with van der Waals surface area (Å²) in [7, 11) is -0.670. The van der Waals surface area contributed by atoms with Crippen molar-refractivity contribution >= 4 is 46.1 Å². The molecule has 3 rings (SSSR count). The van der Waals surface area contributed by atoms with E-state index in [1.54, 1.807) is 24.3 Å². The van der Waals surface area contributed by atoms with Crippen LogP contribution in [0.4, 0.5) is 5.82 Å². The van der Waals surface area contributed by atoms with Crippen LogP contribution in [-0.4, -0.2) is 79.0 Å². The molecular weight excluding hydrogens is 462 g/mol. The number of benzene rings is 1. The molecule has 1 aliphatic rings. The SMILES string of the molecule is CN1CCN(S(=O)c2ccc(-c3cnc(N)c(C(=O)NCCS(N)=O)n3)cc2)CC1.Cl. The summed E-state index contributed by atoms with van der Waals surface area (Å²) in [5.41, 5.74) is 6.96. The lowest BCUT2D eigenvalue weighted by molar-refractivity contribution is 0.0952. The Kier molecular flexibility index (Phi) is 9.47. The van der Waals surface area contributed by atoms with Gasteiger partial charge in [-0.1, -0.05) is 12.1 Å². The number of likely N-dealkylation sites (N-methyl/N-ethyl adjacent to an activating group) is 1. The van der Waals surface area contributed by atoms with E-state index in [0.29, 0.717) is 10.6 Å². The van der Waals surface area contributed by atoms with Gasteiger partial charge in [-0.05, 0) is 19.2 Å². The number of nitrogens with one attached hydrogen (secondary N) is 1. The highest BCUT2D eigenvalue weighted by Gasteiger charge is 2.20. The highest BCUT2D eigenvalue weighted by Crippen LogP contribution is 2.21. The van der Waals surface area contributed by atoms with Crippen molar-refractivity contribution in [1.29, 1.82) is 0 Å². The zero-order valence-corrected chi connectivity index (χ0v) is 19.5. The number of aromatic nitrogens is 2. The molecule has 0 spiro atoms. The van der Waals surface area contributed by atoms with E-state index < -0.39 is 27.9 Å². The fraction of sp³-hybridized carbons (Fsp3) is 0.389. The number of hydrogen-bond acceptors (Lipinski definition) is 7. The summed E-state index contributed by atoms with van der Waals surface area (Å²) in [4.78, 5) is 23.6. The van der Waals surface area contributed by atoms with Crippen molar-refractivity contribution in [2.45, 2.75) is 4.90 Å². The van der Waals surface area contributed by atoms with Crippen molar-refractivity contribution in [2.24, 2.45) is 5.14 Å². The van der Waals surface area contributed by atoms with Crippen molar-refractivity contribution in [3.05, 3.63) is 36.2 Å². The summed E-state index contributed by atoms with van der Waals surface area (Å²) in [6.45, 7) is 3.42. The molecule has 2 unspecified atom stereocenters. The molecule has 0 bridgehead atoms. The normalized spacial score (nSPS) is 16.8. The first kappa shape index (κ1) is 25.3. The topological polar surface area (TPSA) is 148 Å². The van der Waals surface area contributed by atoms with Crippen LogP contribution in [0.25, 0.3) is 11.3 Å². The van der Waals surface area contributed by atoms with Crippen LogP contribution >= 0.6 is 12.4 Å². The van der Waals surface area contributed by atoms with E-state index in [0.717, 1.165) is 31.7 Å². The number of nitrogens with zero attached hydrogens (tertiary/aromatic N) is 4. The lowest BCUT2D eigenvalue weighted by Crippen LogP contribution is -2.45. The van der Waals surface area contributed by atoms with E-state index in [4.69, 9.17) is 10.9 Å². The Balaban J connectivity index is 0.00000341. The Labute approximate surface area is 192 Å². The molecule has 13 heteroatoms. The molecule has 1 saturated heterocycles. The second-order valence-corrected chi connectivity index (χ2v) is 9.49. The summed E-state index contributed by atoms with van der Waals surface area (Å²) < 4.78 is 25.7. The second kappa shape index (κ2) is 11.6. The molecule has 1 fully saturated rings. The Morgan fingerprint density at radius 3 is 2.42 bits per heavy atom. The fourth-order valence-electron chi connectivity index (χ4n) is 2.90. The van der Waals surface area contributed by atoms with Crippen molar-refractivity contribution in [3.63, 3.8) is 0 Å². The van der Waals surface area contributed by atoms with E-state index in [2.05, 4.69) is 27.2 Å². The molecule has 1 aromatic heterocycles. The Morgan fingerprint density at radius 1 is 1.16 bits per heavy atom. The summed E-state index contributed by atoms with van der Waals surface area (Å²) in [5, 5.41) is 7.75. The first-order chi connectivity index (χ1) is 14.3. The standard InChI is InChI=1S/C18H25N7O3S2.ClH/c1-24-7-9-25(10-8-24)30(28)14-4-2-13(3-5-14)15-12-22-17(19)16(23-15)18(26)21-6-11-29(20)27;/h2-5,12H,6-11,20H2,1H3,(H2,19,22)(H,21,26);1H. The van der Waals surface area contributed by atoms with Gasteiger partial charge in [-0.2, -0.15) is 0 Å². The van der Waals surface area contributed by atoms with Gasteiger partial charge < -0.3 is 16.0 Å². The van der Waals surface area contributed by atoms with Crippen LogP contribution in [0.5, 0.6) is 0 Å². The van der Waals surface area contributed by atoms with Gasteiger partial charge in [0.05, 0.1) is 33.5 Å². The van der Waals surface area contributed by atoms with Crippen molar-refractivity contribution in [2.75, 3.05) is 51.3 Å². The third kappa shape index (κ3) is 6.76. The van der Waals surface area contributed by atoms with Crippen LogP contribution in [0.1, 0.15) is 10.5 Å². The van der Waals surface area contributed by atoms with E-state index in [1.165, 1.54) is 6.20 Å². The molecule has 5 N–H and O–H groups in total. The van der Waals surface area contributed by atoms with Crippen molar-refractivity contribution < 1.29 is 13.2 Å². The number of anilines is 1. The highest BCUT2D eigenvalue weighted by atomic mass is 35.5. The molecule has 2 atom stereocenters. The maximum absolute atomic E-state index is 12.8. The van der Waals surface area contributed by atoms with Crippen LogP contribution < -0.4 is 16.2 Å². The number of nitrogen functional groups attached to an aromatic ring is 1. The number of hydrogen-bond donors (Lipinski definition) is 3. The van der Waals surface area contributed by atoms with Gasteiger partial charge in [-0.25, -0.2) is 22.7 Å². The first-order valence-corrected chi connectivity index (χ1v) is 11.8. The minimum Gasteiger partial charge on any atom is -0.382 e. The van der Waals surface area contributed by atoms with E-state index in [9.17, 15) is 13.2 Å². The minimum atomic E-state index is -1.50. The predicted octanol–water partition coefficient (Wildman–Crippen LogP) is -0.230. The Morgan fingerprint density at radius 2 is 1.81 bits per heavy atom. The number of piperazine rings is 1. The van der Waals surface area contributed by atoms with Gasteiger partial charge in [-0.15, -0.1) is 12.4 Å². The quantitative estimate of drug-likeness (QED) is 0.488. The van der Waals surface area contributed by atoms with Gasteiger partial charge in [0.1, 0.15) is 11.0 Å². The maximum Gasteiger partial charge on any atom is 0.273 e. The molecule has 0 aliphatic carbocycles. The average Bonchev–Trinajstić information content (AvgIpc) is 2.74. The lowest BCUT2D eigenvalue weighted by Gasteiger charge is -2.31. The van der Waals surface area contributed by atoms with Crippen molar-refractivity contribution in [3.8, 4) is 11.3 Å². The molecular formula is C18H26ClN7O3S2. The molecule has 1 aliphatic heterocycles. The van der Waals surface area contributed by atoms with E-state index >= 15 is 0 Å². The van der Waals surface area contributed by atoms with Crippen LogP contribution in [0.2, 0.25) is 0 Å². The third-order valence-electron chi connectivity index (χ3n) is 4.65. The summed E-state index contributed by atoms with van der Waals surface area (Å²) in [6.07, 6.45) is 1.48. The zero-order valence-electron chi connectivity index (χ0n) is 17.0. The van der Waals surface area contributed by atoms with Gasteiger partial charge in [0.2, 0.25) is 0 Å². The smallest absolute Gasteiger partial charge is 0.273 e. The summed E-state index contributed by atoms with van der Waals surface area (Å²) >= 11 is 0. The lowest BCUT2D eigenvalue weighted by atomic mass is 10.1. The number of amides is 1. The maximum atomic E-state index is 12.8. The first-order valence-electron chi connectivity index (χ1n) is 9.34. The number of rotatable bonds is 7. The monoisotopic (exact) mass is 487 g/mol. The van der Waals surface area contributed by atoms with Gasteiger partial charge >= 0.3 is 0 Å². The van der Waals surface area contributed by atoms with E-state index in [-0.39, 0.29) is 36.2 Å². The summed E-state index contributed by atoms with van der Waals surface area (Å²) in [6, 6.07) is 7.17.